The normalized spacial score (nSPS) is 10.1. The molecular formula is C13H11NO3S. The van der Waals surface area contributed by atoms with Gasteiger partial charge in [-0.3, -0.25) is 4.98 Å². The van der Waals surface area contributed by atoms with E-state index in [1.54, 1.807) is 13.3 Å². The van der Waals surface area contributed by atoms with Gasteiger partial charge in [-0.2, -0.15) is 0 Å². The lowest BCUT2D eigenvalue weighted by atomic mass is 10.3. The molecule has 0 aliphatic heterocycles. The molecule has 2 rings (SSSR count). The predicted octanol–water partition coefficient (Wildman–Crippen LogP) is 2.94. The summed E-state index contributed by atoms with van der Waals surface area (Å²) in [5.74, 6) is -0.183. The Balaban J connectivity index is 2.25. The Labute approximate surface area is 109 Å². The van der Waals surface area contributed by atoms with Crippen molar-refractivity contribution in [2.24, 2.45) is 0 Å². The van der Waals surface area contributed by atoms with Crippen LogP contribution in [0, 0.1) is 0 Å². The van der Waals surface area contributed by atoms with Gasteiger partial charge in [-0.15, -0.1) is 0 Å². The zero-order valence-electron chi connectivity index (χ0n) is 9.66. The molecule has 0 bridgehead atoms. The van der Waals surface area contributed by atoms with Crippen LogP contribution in [0.2, 0.25) is 0 Å². The molecule has 1 aromatic heterocycles. The van der Waals surface area contributed by atoms with Gasteiger partial charge in [0.25, 0.3) is 0 Å². The van der Waals surface area contributed by atoms with Gasteiger partial charge in [-0.25, -0.2) is 4.79 Å². The Bertz CT molecular complexity index is 554. The van der Waals surface area contributed by atoms with E-state index in [4.69, 9.17) is 9.84 Å². The summed E-state index contributed by atoms with van der Waals surface area (Å²) in [6.07, 6.45) is 3.03. The molecule has 0 aliphatic rings. The van der Waals surface area contributed by atoms with Crippen molar-refractivity contribution in [2.75, 3.05) is 7.11 Å². The van der Waals surface area contributed by atoms with Gasteiger partial charge < -0.3 is 9.84 Å². The first-order chi connectivity index (χ1) is 8.70. The third kappa shape index (κ3) is 2.81. The third-order valence-corrected chi connectivity index (χ3v) is 3.36. The fourth-order valence-electron chi connectivity index (χ4n) is 1.41. The second-order valence-electron chi connectivity index (χ2n) is 3.45. The highest BCUT2D eigenvalue weighted by atomic mass is 32.2. The van der Waals surface area contributed by atoms with Gasteiger partial charge in [0.1, 0.15) is 5.75 Å². The van der Waals surface area contributed by atoms with Crippen molar-refractivity contribution in [3.63, 3.8) is 0 Å². The van der Waals surface area contributed by atoms with Crippen LogP contribution in [-0.4, -0.2) is 23.2 Å². The minimum Gasteiger partial charge on any atom is -0.497 e. The number of nitrogens with zero attached hydrogens (tertiary/aromatic N) is 1. The summed E-state index contributed by atoms with van der Waals surface area (Å²) in [4.78, 5) is 16.6. The van der Waals surface area contributed by atoms with Crippen LogP contribution in [0.25, 0.3) is 0 Å². The molecule has 0 fully saturated rings. The van der Waals surface area contributed by atoms with Crippen LogP contribution in [-0.2, 0) is 0 Å². The third-order valence-electron chi connectivity index (χ3n) is 2.30. The zero-order chi connectivity index (χ0) is 13.0. The van der Waals surface area contributed by atoms with E-state index in [1.165, 1.54) is 24.0 Å². The van der Waals surface area contributed by atoms with Crippen molar-refractivity contribution in [3.05, 3.63) is 48.3 Å². The standard InChI is InChI=1S/C13H11NO3S/c1-17-9-2-4-10(5-3-9)18-12-8-14-7-6-11(12)13(15)16/h2-8H,1H3,(H,15,16). The van der Waals surface area contributed by atoms with Gasteiger partial charge >= 0.3 is 5.97 Å². The number of carboxylic acid groups (broad SMARTS) is 1. The van der Waals surface area contributed by atoms with E-state index in [-0.39, 0.29) is 5.56 Å². The second-order valence-corrected chi connectivity index (χ2v) is 4.57. The second kappa shape index (κ2) is 5.55. The van der Waals surface area contributed by atoms with Crippen molar-refractivity contribution in [2.45, 2.75) is 9.79 Å². The topological polar surface area (TPSA) is 59.4 Å². The van der Waals surface area contributed by atoms with Gasteiger partial charge in [0.05, 0.1) is 12.7 Å². The Morgan fingerprint density at radius 1 is 1.28 bits per heavy atom. The quantitative estimate of drug-likeness (QED) is 0.917. The number of benzene rings is 1. The fourth-order valence-corrected chi connectivity index (χ4v) is 2.31. The monoisotopic (exact) mass is 261 g/mol. The highest BCUT2D eigenvalue weighted by Gasteiger charge is 2.10. The number of pyridine rings is 1. The van der Waals surface area contributed by atoms with E-state index in [0.717, 1.165) is 10.6 Å². The van der Waals surface area contributed by atoms with Crippen molar-refractivity contribution >= 4 is 17.7 Å². The molecular weight excluding hydrogens is 250 g/mol. The molecule has 92 valence electrons. The summed E-state index contributed by atoms with van der Waals surface area (Å²) >= 11 is 1.36. The van der Waals surface area contributed by atoms with Gasteiger partial charge in [0, 0.05) is 22.2 Å². The number of ether oxygens (including phenoxy) is 1. The molecule has 4 nitrogen and oxygen atoms in total. The molecule has 1 N–H and O–H groups in total. The van der Waals surface area contributed by atoms with Gasteiger partial charge in [0.2, 0.25) is 0 Å². The first-order valence-corrected chi connectivity index (χ1v) is 6.01. The minimum absolute atomic E-state index is 0.255. The van der Waals surface area contributed by atoms with Crippen LogP contribution >= 0.6 is 11.8 Å². The lowest BCUT2D eigenvalue weighted by molar-refractivity contribution is 0.0693. The summed E-state index contributed by atoms with van der Waals surface area (Å²) in [5, 5.41) is 9.06. The average molecular weight is 261 g/mol. The van der Waals surface area contributed by atoms with Crippen molar-refractivity contribution < 1.29 is 14.6 Å². The van der Waals surface area contributed by atoms with Gasteiger partial charge in [0.15, 0.2) is 0 Å². The van der Waals surface area contributed by atoms with Crippen molar-refractivity contribution in [3.8, 4) is 5.75 Å². The Morgan fingerprint density at radius 3 is 2.61 bits per heavy atom. The highest BCUT2D eigenvalue weighted by molar-refractivity contribution is 7.99. The molecule has 1 aromatic carbocycles. The number of hydrogen-bond donors (Lipinski definition) is 1. The fraction of sp³-hybridized carbons (Fsp3) is 0.0769. The van der Waals surface area contributed by atoms with Crippen LogP contribution in [0.15, 0.2) is 52.5 Å². The molecule has 0 aliphatic carbocycles. The first kappa shape index (κ1) is 12.4. The minimum atomic E-state index is -0.951. The summed E-state index contributed by atoms with van der Waals surface area (Å²) in [6, 6.07) is 8.91. The van der Waals surface area contributed by atoms with Crippen molar-refractivity contribution in [1.82, 2.24) is 4.98 Å². The summed E-state index contributed by atoms with van der Waals surface area (Å²) in [7, 11) is 1.60. The van der Waals surface area contributed by atoms with Crippen LogP contribution in [0.4, 0.5) is 0 Å². The van der Waals surface area contributed by atoms with Crippen LogP contribution in [0.1, 0.15) is 10.4 Å². The number of hydrogen-bond acceptors (Lipinski definition) is 4. The highest BCUT2D eigenvalue weighted by Crippen LogP contribution is 2.30. The van der Waals surface area contributed by atoms with E-state index in [0.29, 0.717) is 4.90 Å². The maximum absolute atomic E-state index is 11.1. The molecule has 0 radical (unpaired) electrons. The molecule has 1 heterocycles. The number of aromatic carboxylic acids is 1. The Hall–Kier alpha value is -2.01. The van der Waals surface area contributed by atoms with E-state index in [2.05, 4.69) is 4.98 Å². The lowest BCUT2D eigenvalue weighted by Crippen LogP contribution is -1.98. The molecule has 0 spiro atoms. The summed E-state index contributed by atoms with van der Waals surface area (Å²) in [6.45, 7) is 0. The Morgan fingerprint density at radius 2 is 2.00 bits per heavy atom. The summed E-state index contributed by atoms with van der Waals surface area (Å²) < 4.78 is 5.07. The predicted molar refractivity (Wildman–Crippen MR) is 68.3 cm³/mol. The number of methoxy groups -OCH3 is 1. The van der Waals surface area contributed by atoms with Crippen molar-refractivity contribution in [1.29, 1.82) is 0 Å². The van der Waals surface area contributed by atoms with Crippen LogP contribution < -0.4 is 4.74 Å². The number of carboxylic acids is 1. The maximum Gasteiger partial charge on any atom is 0.336 e. The molecule has 0 saturated heterocycles. The largest absolute Gasteiger partial charge is 0.497 e. The van der Waals surface area contributed by atoms with Crippen LogP contribution in [0.3, 0.4) is 0 Å². The molecule has 18 heavy (non-hydrogen) atoms. The number of rotatable bonds is 4. The van der Waals surface area contributed by atoms with E-state index in [1.807, 2.05) is 24.3 Å². The van der Waals surface area contributed by atoms with E-state index < -0.39 is 5.97 Å². The summed E-state index contributed by atoms with van der Waals surface area (Å²) in [5.41, 5.74) is 0.255. The molecule has 0 saturated carbocycles. The first-order valence-electron chi connectivity index (χ1n) is 5.20. The molecule has 5 heteroatoms. The molecule has 0 atom stereocenters. The number of aromatic nitrogens is 1. The smallest absolute Gasteiger partial charge is 0.336 e. The zero-order valence-corrected chi connectivity index (χ0v) is 10.5. The molecule has 0 amide bonds. The average Bonchev–Trinajstić information content (AvgIpc) is 2.40. The van der Waals surface area contributed by atoms with Gasteiger partial charge in [-0.1, -0.05) is 11.8 Å². The SMILES string of the molecule is COc1ccc(Sc2cnccc2C(=O)O)cc1. The van der Waals surface area contributed by atoms with Gasteiger partial charge in [-0.05, 0) is 30.3 Å². The molecule has 2 aromatic rings. The number of carbonyl (C=O) groups is 1. The maximum atomic E-state index is 11.1. The lowest BCUT2D eigenvalue weighted by Gasteiger charge is -2.05. The van der Waals surface area contributed by atoms with E-state index >= 15 is 0 Å². The molecule has 0 unspecified atom stereocenters. The van der Waals surface area contributed by atoms with Crippen LogP contribution in [0.5, 0.6) is 5.75 Å². The Kier molecular flexibility index (Phi) is 3.84. The van der Waals surface area contributed by atoms with E-state index in [9.17, 15) is 4.79 Å².